The number of anilines is 2. The lowest BCUT2D eigenvalue weighted by Gasteiger charge is -2.10. The van der Waals surface area contributed by atoms with Gasteiger partial charge in [0, 0.05) is 10.2 Å². The second-order valence-corrected chi connectivity index (χ2v) is 5.04. The molecule has 21 heavy (non-hydrogen) atoms. The fourth-order valence-corrected chi connectivity index (χ4v) is 2.14. The Labute approximate surface area is 127 Å². The summed E-state index contributed by atoms with van der Waals surface area (Å²) in [5.41, 5.74) is 6.21. The Morgan fingerprint density at radius 1 is 1.19 bits per heavy atom. The Hall–Kier alpha value is -2.41. The summed E-state index contributed by atoms with van der Waals surface area (Å²) in [4.78, 5) is 22.9. The first-order valence-corrected chi connectivity index (χ1v) is 6.57. The zero-order valence-electron chi connectivity index (χ0n) is 10.6. The molecule has 108 valence electrons. The molecule has 0 atom stereocenters. The van der Waals surface area contributed by atoms with Crippen LogP contribution >= 0.6 is 15.9 Å². The van der Waals surface area contributed by atoms with Gasteiger partial charge >= 0.3 is 5.97 Å². The first kappa shape index (κ1) is 15.0. The number of aromatic carboxylic acids is 1. The van der Waals surface area contributed by atoms with Crippen molar-refractivity contribution >= 4 is 39.2 Å². The third kappa shape index (κ3) is 3.38. The van der Waals surface area contributed by atoms with Gasteiger partial charge in [-0.05, 0) is 52.3 Å². The summed E-state index contributed by atoms with van der Waals surface area (Å²) in [6, 6.07) is 7.62. The van der Waals surface area contributed by atoms with Gasteiger partial charge in [0.05, 0.1) is 16.8 Å². The van der Waals surface area contributed by atoms with Crippen LogP contribution in [0.3, 0.4) is 0 Å². The molecule has 4 N–H and O–H groups in total. The molecule has 0 saturated carbocycles. The van der Waals surface area contributed by atoms with Gasteiger partial charge in [-0.1, -0.05) is 0 Å². The number of hydrogen-bond donors (Lipinski definition) is 3. The minimum atomic E-state index is -1.08. The molecule has 2 aromatic rings. The van der Waals surface area contributed by atoms with Crippen LogP contribution in [0.25, 0.3) is 0 Å². The second-order valence-electron chi connectivity index (χ2n) is 4.19. The SMILES string of the molecule is Nc1ccc(F)cc1C(=O)Nc1ccc(C(=O)O)cc1Br. The third-order valence-corrected chi connectivity index (χ3v) is 3.38. The van der Waals surface area contributed by atoms with Crippen molar-refractivity contribution < 1.29 is 19.1 Å². The minimum absolute atomic E-state index is 0.00390. The van der Waals surface area contributed by atoms with E-state index in [1.165, 1.54) is 24.3 Å². The van der Waals surface area contributed by atoms with E-state index >= 15 is 0 Å². The molecule has 0 heterocycles. The highest BCUT2D eigenvalue weighted by atomic mass is 79.9. The zero-order chi connectivity index (χ0) is 15.6. The second kappa shape index (κ2) is 5.92. The molecule has 0 bridgehead atoms. The molecule has 2 rings (SSSR count). The van der Waals surface area contributed by atoms with E-state index in [0.29, 0.717) is 10.2 Å². The summed E-state index contributed by atoms with van der Waals surface area (Å²) in [6.07, 6.45) is 0. The number of halogens is 2. The Morgan fingerprint density at radius 3 is 2.52 bits per heavy atom. The molecule has 0 aliphatic carbocycles. The summed E-state index contributed by atoms with van der Waals surface area (Å²) < 4.78 is 13.6. The van der Waals surface area contributed by atoms with Gasteiger partial charge < -0.3 is 16.2 Å². The van der Waals surface area contributed by atoms with E-state index in [4.69, 9.17) is 10.8 Å². The summed E-state index contributed by atoms with van der Waals surface area (Å²) in [5.74, 6) is -2.24. The van der Waals surface area contributed by atoms with E-state index < -0.39 is 17.7 Å². The first-order chi connectivity index (χ1) is 9.88. The van der Waals surface area contributed by atoms with E-state index in [2.05, 4.69) is 21.2 Å². The lowest BCUT2D eigenvalue weighted by atomic mass is 10.1. The maximum Gasteiger partial charge on any atom is 0.335 e. The molecule has 0 aromatic heterocycles. The Bertz CT molecular complexity index is 734. The first-order valence-electron chi connectivity index (χ1n) is 5.77. The van der Waals surface area contributed by atoms with Gasteiger partial charge in [0.15, 0.2) is 0 Å². The lowest BCUT2D eigenvalue weighted by Crippen LogP contribution is -2.15. The summed E-state index contributed by atoms with van der Waals surface area (Å²) in [7, 11) is 0. The van der Waals surface area contributed by atoms with E-state index in [-0.39, 0.29) is 16.8 Å². The van der Waals surface area contributed by atoms with E-state index in [0.717, 1.165) is 12.1 Å². The number of hydrogen-bond acceptors (Lipinski definition) is 3. The maximum atomic E-state index is 13.2. The molecular weight excluding hydrogens is 343 g/mol. The van der Waals surface area contributed by atoms with Crippen LogP contribution in [0.5, 0.6) is 0 Å². The fraction of sp³-hybridized carbons (Fsp3) is 0. The summed E-state index contributed by atoms with van der Waals surface area (Å²) >= 11 is 3.17. The minimum Gasteiger partial charge on any atom is -0.478 e. The molecular formula is C14H10BrFN2O3. The Morgan fingerprint density at radius 2 is 1.90 bits per heavy atom. The van der Waals surface area contributed by atoms with Crippen LogP contribution in [0.4, 0.5) is 15.8 Å². The number of nitrogens with two attached hydrogens (primary N) is 1. The van der Waals surface area contributed by atoms with Gasteiger partial charge in [-0.15, -0.1) is 0 Å². The van der Waals surface area contributed by atoms with Crippen LogP contribution < -0.4 is 11.1 Å². The van der Waals surface area contributed by atoms with Crippen LogP contribution in [0.15, 0.2) is 40.9 Å². The lowest BCUT2D eigenvalue weighted by molar-refractivity contribution is 0.0696. The predicted octanol–water partition coefficient (Wildman–Crippen LogP) is 3.12. The highest BCUT2D eigenvalue weighted by Gasteiger charge is 2.13. The van der Waals surface area contributed by atoms with Crippen LogP contribution in [0.1, 0.15) is 20.7 Å². The number of nitrogen functional groups attached to an aromatic ring is 1. The zero-order valence-corrected chi connectivity index (χ0v) is 12.1. The van der Waals surface area contributed by atoms with Gasteiger partial charge in [-0.25, -0.2) is 9.18 Å². The monoisotopic (exact) mass is 352 g/mol. The molecule has 0 unspecified atom stereocenters. The van der Waals surface area contributed by atoms with E-state index in [9.17, 15) is 14.0 Å². The average Bonchev–Trinajstić information content (AvgIpc) is 2.43. The average molecular weight is 353 g/mol. The third-order valence-electron chi connectivity index (χ3n) is 2.72. The van der Waals surface area contributed by atoms with Crippen LogP contribution in [0, 0.1) is 5.82 Å². The molecule has 5 nitrogen and oxygen atoms in total. The summed E-state index contributed by atoms with van der Waals surface area (Å²) in [5, 5.41) is 11.4. The van der Waals surface area contributed by atoms with Gasteiger partial charge in [-0.3, -0.25) is 4.79 Å². The molecule has 0 spiro atoms. The number of carbonyl (C=O) groups is 2. The molecule has 0 fully saturated rings. The maximum absolute atomic E-state index is 13.2. The standard InChI is InChI=1S/C14H10BrFN2O3/c15-10-5-7(14(20)21)1-4-12(10)18-13(19)9-6-8(16)2-3-11(9)17/h1-6H,17H2,(H,18,19)(H,20,21). The molecule has 0 saturated heterocycles. The van der Waals surface area contributed by atoms with Gasteiger partial charge in [0.25, 0.3) is 5.91 Å². The molecule has 0 aliphatic heterocycles. The van der Waals surface area contributed by atoms with Crippen molar-refractivity contribution in [1.29, 1.82) is 0 Å². The van der Waals surface area contributed by atoms with Crippen LogP contribution in [0.2, 0.25) is 0 Å². The van der Waals surface area contributed by atoms with Crippen molar-refractivity contribution in [3.05, 3.63) is 57.8 Å². The highest BCUT2D eigenvalue weighted by Crippen LogP contribution is 2.25. The number of amides is 1. The van der Waals surface area contributed by atoms with Gasteiger partial charge in [-0.2, -0.15) is 0 Å². The highest BCUT2D eigenvalue weighted by molar-refractivity contribution is 9.10. The number of nitrogens with one attached hydrogen (secondary N) is 1. The van der Waals surface area contributed by atoms with Crippen molar-refractivity contribution in [3.8, 4) is 0 Å². The number of rotatable bonds is 3. The van der Waals surface area contributed by atoms with Crippen molar-refractivity contribution in [2.45, 2.75) is 0 Å². The normalized spacial score (nSPS) is 10.2. The molecule has 7 heteroatoms. The van der Waals surface area contributed by atoms with E-state index in [1.807, 2.05) is 0 Å². The smallest absolute Gasteiger partial charge is 0.335 e. The van der Waals surface area contributed by atoms with Crippen molar-refractivity contribution in [2.75, 3.05) is 11.1 Å². The van der Waals surface area contributed by atoms with Crippen LogP contribution in [-0.4, -0.2) is 17.0 Å². The Balaban J connectivity index is 2.27. The molecule has 0 aliphatic rings. The Kier molecular flexibility index (Phi) is 4.23. The molecule has 2 aromatic carbocycles. The summed E-state index contributed by atoms with van der Waals surface area (Å²) in [6.45, 7) is 0. The number of carbonyl (C=O) groups excluding carboxylic acids is 1. The topological polar surface area (TPSA) is 92.4 Å². The van der Waals surface area contributed by atoms with Crippen molar-refractivity contribution in [2.24, 2.45) is 0 Å². The fourth-order valence-electron chi connectivity index (χ4n) is 1.66. The van der Waals surface area contributed by atoms with E-state index in [1.54, 1.807) is 0 Å². The van der Waals surface area contributed by atoms with Gasteiger partial charge in [0.1, 0.15) is 5.82 Å². The van der Waals surface area contributed by atoms with Crippen molar-refractivity contribution in [3.63, 3.8) is 0 Å². The number of carboxylic acids is 1. The molecule has 1 amide bonds. The number of benzene rings is 2. The quantitative estimate of drug-likeness (QED) is 0.740. The number of carboxylic acid groups (broad SMARTS) is 1. The van der Waals surface area contributed by atoms with Crippen molar-refractivity contribution in [1.82, 2.24) is 0 Å². The predicted molar refractivity (Wildman–Crippen MR) is 79.9 cm³/mol. The van der Waals surface area contributed by atoms with Crippen LogP contribution in [-0.2, 0) is 0 Å². The molecule has 0 radical (unpaired) electrons. The largest absolute Gasteiger partial charge is 0.478 e. The van der Waals surface area contributed by atoms with Gasteiger partial charge in [0.2, 0.25) is 0 Å².